The van der Waals surface area contributed by atoms with Crippen LogP contribution in [-0.4, -0.2) is 16.4 Å². The van der Waals surface area contributed by atoms with E-state index in [9.17, 15) is 14.9 Å². The van der Waals surface area contributed by atoms with Crippen LogP contribution < -0.4 is 0 Å². The summed E-state index contributed by atoms with van der Waals surface area (Å²) in [6.45, 7) is 0. The molecule has 0 N–H and O–H groups in total. The molecule has 0 aliphatic rings. The van der Waals surface area contributed by atoms with Crippen LogP contribution >= 0.6 is 0 Å². The number of rotatable bonds is 3. The number of hydrogen-bond acceptors (Lipinski definition) is 6. The number of nitro groups is 1. The predicted molar refractivity (Wildman–Crippen MR) is 46.2 cm³/mol. The fourth-order valence-corrected chi connectivity index (χ4v) is 1.02. The van der Waals surface area contributed by atoms with Crippen molar-refractivity contribution in [3.63, 3.8) is 0 Å². The van der Waals surface area contributed by atoms with E-state index in [-0.39, 0.29) is 17.2 Å². The standard InChI is InChI=1S/C8H4N2O5/c11-4-5-3-7(15-9-5)6-1-2-8(14-6)10(12)13/h1-4H. The minimum Gasteiger partial charge on any atom is -0.397 e. The van der Waals surface area contributed by atoms with Crippen LogP contribution in [0.5, 0.6) is 0 Å². The summed E-state index contributed by atoms with van der Waals surface area (Å²) in [5.41, 5.74) is 0.101. The van der Waals surface area contributed by atoms with E-state index in [0.29, 0.717) is 6.29 Å². The summed E-state index contributed by atoms with van der Waals surface area (Å²) in [7, 11) is 0. The second-order valence-corrected chi connectivity index (χ2v) is 2.63. The van der Waals surface area contributed by atoms with E-state index in [1.165, 1.54) is 18.2 Å². The zero-order chi connectivity index (χ0) is 10.8. The highest BCUT2D eigenvalue weighted by Gasteiger charge is 2.16. The van der Waals surface area contributed by atoms with Gasteiger partial charge in [-0.2, -0.15) is 0 Å². The average Bonchev–Trinajstić information content (AvgIpc) is 2.86. The molecular weight excluding hydrogens is 204 g/mol. The van der Waals surface area contributed by atoms with Crippen LogP contribution in [0.25, 0.3) is 11.5 Å². The lowest BCUT2D eigenvalue weighted by Crippen LogP contribution is -1.82. The summed E-state index contributed by atoms with van der Waals surface area (Å²) >= 11 is 0. The Labute approximate surface area is 82.4 Å². The fourth-order valence-electron chi connectivity index (χ4n) is 1.02. The Kier molecular flexibility index (Phi) is 2.05. The number of hydrogen-bond donors (Lipinski definition) is 0. The minimum atomic E-state index is -0.666. The van der Waals surface area contributed by atoms with Gasteiger partial charge in [0.2, 0.25) is 5.76 Å². The summed E-state index contributed by atoms with van der Waals surface area (Å²) < 4.78 is 9.58. The number of nitrogens with zero attached hydrogens (tertiary/aromatic N) is 2. The highest BCUT2D eigenvalue weighted by molar-refractivity contribution is 5.73. The normalized spacial score (nSPS) is 10.1. The number of carbonyl (C=O) groups is 1. The SMILES string of the molecule is O=Cc1cc(-c2ccc([N+](=O)[O-])o2)on1. The van der Waals surface area contributed by atoms with Crippen LogP contribution in [0.2, 0.25) is 0 Å². The van der Waals surface area contributed by atoms with Gasteiger partial charge < -0.3 is 8.94 Å². The van der Waals surface area contributed by atoms with Gasteiger partial charge in [0.05, 0.1) is 6.07 Å². The van der Waals surface area contributed by atoms with E-state index in [2.05, 4.69) is 5.16 Å². The molecule has 0 amide bonds. The van der Waals surface area contributed by atoms with Crippen molar-refractivity contribution < 1.29 is 18.7 Å². The molecule has 7 nitrogen and oxygen atoms in total. The molecule has 0 saturated carbocycles. The topological polar surface area (TPSA) is 99.4 Å². The van der Waals surface area contributed by atoms with Gasteiger partial charge in [0, 0.05) is 6.07 Å². The summed E-state index contributed by atoms with van der Waals surface area (Å²) in [5, 5.41) is 13.7. The van der Waals surface area contributed by atoms with E-state index >= 15 is 0 Å². The Hall–Kier alpha value is -2.44. The minimum absolute atomic E-state index is 0.101. The van der Waals surface area contributed by atoms with Gasteiger partial charge >= 0.3 is 5.88 Å². The van der Waals surface area contributed by atoms with Gasteiger partial charge in [-0.15, -0.1) is 0 Å². The summed E-state index contributed by atoms with van der Waals surface area (Å²) in [4.78, 5) is 20.0. The van der Waals surface area contributed by atoms with Gasteiger partial charge in [0.15, 0.2) is 12.0 Å². The third kappa shape index (κ3) is 1.62. The quantitative estimate of drug-likeness (QED) is 0.432. The Morgan fingerprint density at radius 1 is 1.40 bits per heavy atom. The Bertz CT molecular complexity index is 513. The molecule has 2 rings (SSSR count). The zero-order valence-electron chi connectivity index (χ0n) is 7.25. The average molecular weight is 208 g/mol. The maximum absolute atomic E-state index is 10.3. The Morgan fingerprint density at radius 3 is 2.73 bits per heavy atom. The summed E-state index contributed by atoms with van der Waals surface area (Å²) in [5.74, 6) is -0.0680. The van der Waals surface area contributed by atoms with E-state index in [0.717, 1.165) is 0 Å². The molecule has 0 spiro atoms. The molecule has 0 aromatic carbocycles. The lowest BCUT2D eigenvalue weighted by atomic mass is 10.3. The molecule has 7 heteroatoms. The molecule has 2 aromatic rings. The molecule has 15 heavy (non-hydrogen) atoms. The fraction of sp³-hybridized carbons (Fsp3) is 0. The van der Waals surface area contributed by atoms with E-state index in [1.807, 2.05) is 0 Å². The number of furan rings is 1. The molecule has 2 aromatic heterocycles. The summed E-state index contributed by atoms with van der Waals surface area (Å²) in [6.07, 6.45) is 0.504. The third-order valence-electron chi connectivity index (χ3n) is 1.66. The van der Waals surface area contributed by atoms with Crippen LogP contribution in [-0.2, 0) is 0 Å². The molecule has 0 saturated heterocycles. The molecule has 0 aliphatic carbocycles. The van der Waals surface area contributed by atoms with E-state index in [4.69, 9.17) is 8.94 Å². The van der Waals surface area contributed by atoms with Gasteiger partial charge in [0.1, 0.15) is 10.6 Å². The van der Waals surface area contributed by atoms with Gasteiger partial charge in [-0.3, -0.25) is 14.9 Å². The van der Waals surface area contributed by atoms with Crippen LogP contribution in [0.3, 0.4) is 0 Å². The molecule has 0 radical (unpaired) electrons. The maximum Gasteiger partial charge on any atom is 0.433 e. The van der Waals surface area contributed by atoms with E-state index in [1.54, 1.807) is 0 Å². The monoisotopic (exact) mass is 208 g/mol. The first-order valence-corrected chi connectivity index (χ1v) is 3.87. The lowest BCUT2D eigenvalue weighted by molar-refractivity contribution is -0.401. The van der Waals surface area contributed by atoms with E-state index < -0.39 is 10.8 Å². The molecule has 0 unspecified atom stereocenters. The predicted octanol–water partition coefficient (Wildman–Crippen LogP) is 1.66. The smallest absolute Gasteiger partial charge is 0.397 e. The number of carbonyl (C=O) groups excluding carboxylic acids is 1. The Balaban J connectivity index is 2.36. The van der Waals surface area contributed by atoms with Crippen LogP contribution in [0.15, 0.2) is 27.1 Å². The van der Waals surface area contributed by atoms with Gasteiger partial charge in [-0.1, -0.05) is 5.16 Å². The molecule has 0 fully saturated rings. The molecule has 0 bridgehead atoms. The van der Waals surface area contributed by atoms with Crippen molar-refractivity contribution >= 4 is 12.2 Å². The summed E-state index contributed by atoms with van der Waals surface area (Å²) in [6, 6.07) is 3.89. The zero-order valence-corrected chi connectivity index (χ0v) is 7.25. The maximum atomic E-state index is 10.3. The highest BCUT2D eigenvalue weighted by Crippen LogP contribution is 2.25. The second kappa shape index (κ2) is 3.37. The molecule has 76 valence electrons. The Morgan fingerprint density at radius 2 is 2.20 bits per heavy atom. The first-order chi connectivity index (χ1) is 7.20. The van der Waals surface area contributed by atoms with Gasteiger partial charge in [0.25, 0.3) is 0 Å². The lowest BCUT2D eigenvalue weighted by Gasteiger charge is -1.84. The van der Waals surface area contributed by atoms with Crippen molar-refractivity contribution in [2.24, 2.45) is 0 Å². The van der Waals surface area contributed by atoms with Crippen molar-refractivity contribution in [3.05, 3.63) is 34.0 Å². The van der Waals surface area contributed by atoms with Crippen molar-refractivity contribution in [3.8, 4) is 11.5 Å². The first kappa shape index (κ1) is 9.13. The number of aromatic nitrogens is 1. The highest BCUT2D eigenvalue weighted by atomic mass is 16.6. The third-order valence-corrected chi connectivity index (χ3v) is 1.66. The van der Waals surface area contributed by atoms with Crippen molar-refractivity contribution in [2.75, 3.05) is 0 Å². The van der Waals surface area contributed by atoms with Gasteiger partial charge in [-0.05, 0) is 6.07 Å². The van der Waals surface area contributed by atoms with Crippen LogP contribution in [0.4, 0.5) is 5.88 Å². The van der Waals surface area contributed by atoms with Crippen LogP contribution in [0, 0.1) is 10.1 Å². The second-order valence-electron chi connectivity index (χ2n) is 2.63. The van der Waals surface area contributed by atoms with Crippen LogP contribution in [0.1, 0.15) is 10.5 Å². The molecular formula is C8H4N2O5. The molecule has 0 atom stereocenters. The molecule has 0 aliphatic heterocycles. The van der Waals surface area contributed by atoms with Crippen molar-refractivity contribution in [1.82, 2.24) is 5.16 Å². The number of aldehydes is 1. The molecule has 2 heterocycles. The largest absolute Gasteiger partial charge is 0.433 e. The van der Waals surface area contributed by atoms with Crippen molar-refractivity contribution in [2.45, 2.75) is 0 Å². The van der Waals surface area contributed by atoms with Gasteiger partial charge in [-0.25, -0.2) is 0 Å². The van der Waals surface area contributed by atoms with Crippen molar-refractivity contribution in [1.29, 1.82) is 0 Å². The first-order valence-electron chi connectivity index (χ1n) is 3.87.